The highest BCUT2D eigenvalue weighted by atomic mass is 32.1. The first-order valence-corrected chi connectivity index (χ1v) is 11.2. The maximum absolute atomic E-state index is 12.5. The maximum Gasteiger partial charge on any atom is 0.233 e. The summed E-state index contributed by atoms with van der Waals surface area (Å²) in [5, 5.41) is 13.0. The van der Waals surface area contributed by atoms with Gasteiger partial charge in [0.2, 0.25) is 16.2 Å². The van der Waals surface area contributed by atoms with Crippen LogP contribution in [0.5, 0.6) is 0 Å². The standard InChI is InChI=1S/C21H29N5OS/c1-16(17-8-4-2-5-9-17)19(27)22-20-23-24-21(28-20)26-14-10-18(11-15-26)25-12-6-3-7-13-25/h2,4-5,8-9,16,18H,3,6-7,10-15H2,1H3,(H,22,23,27). The molecule has 2 aliphatic heterocycles. The fourth-order valence-corrected chi connectivity index (χ4v) is 5.01. The van der Waals surface area contributed by atoms with Crippen LogP contribution in [0.3, 0.4) is 0 Å². The number of likely N-dealkylation sites (tertiary alicyclic amines) is 1. The number of hydrogen-bond acceptors (Lipinski definition) is 6. The Morgan fingerprint density at radius 2 is 1.79 bits per heavy atom. The summed E-state index contributed by atoms with van der Waals surface area (Å²) in [5.74, 6) is -0.258. The molecule has 1 aromatic heterocycles. The molecule has 1 aromatic carbocycles. The number of nitrogens with zero attached hydrogens (tertiary/aromatic N) is 4. The monoisotopic (exact) mass is 399 g/mol. The van der Waals surface area contributed by atoms with Gasteiger partial charge < -0.3 is 9.80 Å². The van der Waals surface area contributed by atoms with Crippen molar-refractivity contribution in [3.63, 3.8) is 0 Å². The first-order chi connectivity index (χ1) is 13.7. The Kier molecular flexibility index (Phi) is 6.22. The summed E-state index contributed by atoms with van der Waals surface area (Å²) in [6.07, 6.45) is 6.46. The Morgan fingerprint density at radius 1 is 1.07 bits per heavy atom. The van der Waals surface area contributed by atoms with Gasteiger partial charge in [0.1, 0.15) is 0 Å². The first-order valence-electron chi connectivity index (χ1n) is 10.4. The molecule has 1 N–H and O–H groups in total. The van der Waals surface area contributed by atoms with Crippen molar-refractivity contribution in [1.82, 2.24) is 15.1 Å². The van der Waals surface area contributed by atoms with Gasteiger partial charge in [-0.1, -0.05) is 48.1 Å². The average molecular weight is 400 g/mol. The number of anilines is 2. The molecule has 150 valence electrons. The third kappa shape index (κ3) is 4.52. The van der Waals surface area contributed by atoms with Gasteiger partial charge in [0.05, 0.1) is 5.92 Å². The van der Waals surface area contributed by atoms with Crippen LogP contribution in [-0.2, 0) is 4.79 Å². The number of nitrogens with one attached hydrogen (secondary N) is 1. The van der Waals surface area contributed by atoms with Gasteiger partial charge in [-0.25, -0.2) is 0 Å². The summed E-state index contributed by atoms with van der Waals surface area (Å²) in [7, 11) is 0. The predicted molar refractivity (Wildman–Crippen MR) is 114 cm³/mol. The zero-order chi connectivity index (χ0) is 19.3. The fraction of sp³-hybridized carbons (Fsp3) is 0.571. The van der Waals surface area contributed by atoms with Crippen molar-refractivity contribution in [2.75, 3.05) is 36.4 Å². The second-order valence-corrected chi connectivity index (χ2v) is 8.78. The number of rotatable bonds is 5. The van der Waals surface area contributed by atoms with E-state index in [1.54, 1.807) is 0 Å². The molecular formula is C21H29N5OS. The number of carbonyl (C=O) groups is 1. The first kappa shape index (κ1) is 19.3. The van der Waals surface area contributed by atoms with Crippen molar-refractivity contribution in [3.05, 3.63) is 35.9 Å². The van der Waals surface area contributed by atoms with Crippen LogP contribution in [0.4, 0.5) is 10.3 Å². The topological polar surface area (TPSA) is 61.4 Å². The van der Waals surface area contributed by atoms with Crippen molar-refractivity contribution in [3.8, 4) is 0 Å². The molecule has 3 heterocycles. The van der Waals surface area contributed by atoms with E-state index in [2.05, 4.69) is 25.3 Å². The second kappa shape index (κ2) is 9.01. The van der Waals surface area contributed by atoms with Crippen molar-refractivity contribution < 1.29 is 4.79 Å². The molecule has 1 amide bonds. The lowest BCUT2D eigenvalue weighted by Crippen LogP contribution is -2.46. The molecule has 2 aromatic rings. The van der Waals surface area contributed by atoms with E-state index in [0.29, 0.717) is 5.13 Å². The highest BCUT2D eigenvalue weighted by molar-refractivity contribution is 7.19. The minimum Gasteiger partial charge on any atom is -0.346 e. The SMILES string of the molecule is CC(C(=O)Nc1nnc(N2CCC(N3CCCCC3)CC2)s1)c1ccccc1. The molecule has 0 spiro atoms. The molecule has 28 heavy (non-hydrogen) atoms. The summed E-state index contributed by atoms with van der Waals surface area (Å²) in [6, 6.07) is 10.5. The summed E-state index contributed by atoms with van der Waals surface area (Å²) in [4.78, 5) is 17.5. The summed E-state index contributed by atoms with van der Waals surface area (Å²) in [6.45, 7) is 6.48. The van der Waals surface area contributed by atoms with Crippen LogP contribution in [-0.4, -0.2) is 53.2 Å². The molecule has 0 bridgehead atoms. The number of carbonyl (C=O) groups excluding carboxylic acids is 1. The van der Waals surface area contributed by atoms with Crippen molar-refractivity contribution >= 4 is 27.5 Å². The zero-order valence-electron chi connectivity index (χ0n) is 16.5. The smallest absolute Gasteiger partial charge is 0.233 e. The Labute approximate surface area is 171 Å². The van der Waals surface area contributed by atoms with E-state index in [1.165, 1.54) is 56.5 Å². The molecule has 1 unspecified atom stereocenters. The molecule has 6 nitrogen and oxygen atoms in total. The van der Waals surface area contributed by atoms with Gasteiger partial charge in [-0.3, -0.25) is 10.1 Å². The van der Waals surface area contributed by atoms with E-state index in [0.717, 1.165) is 29.8 Å². The van der Waals surface area contributed by atoms with Crippen molar-refractivity contribution in [2.24, 2.45) is 0 Å². The van der Waals surface area contributed by atoms with Crippen LogP contribution in [0.25, 0.3) is 0 Å². The Morgan fingerprint density at radius 3 is 2.50 bits per heavy atom. The highest BCUT2D eigenvalue weighted by Crippen LogP contribution is 2.29. The van der Waals surface area contributed by atoms with E-state index in [9.17, 15) is 4.79 Å². The van der Waals surface area contributed by atoms with E-state index >= 15 is 0 Å². The molecule has 2 saturated heterocycles. The van der Waals surface area contributed by atoms with Gasteiger partial charge in [-0.2, -0.15) is 0 Å². The molecule has 7 heteroatoms. The minimum absolute atomic E-state index is 0.0438. The molecular weight excluding hydrogens is 370 g/mol. The quantitative estimate of drug-likeness (QED) is 0.830. The highest BCUT2D eigenvalue weighted by Gasteiger charge is 2.27. The van der Waals surface area contributed by atoms with Crippen molar-refractivity contribution in [2.45, 2.75) is 51.0 Å². The van der Waals surface area contributed by atoms with Crippen LogP contribution in [0.15, 0.2) is 30.3 Å². The lowest BCUT2D eigenvalue weighted by atomic mass is 10.0. The number of aromatic nitrogens is 2. The summed E-state index contributed by atoms with van der Waals surface area (Å²) >= 11 is 1.48. The van der Waals surface area contributed by atoms with Gasteiger partial charge in [0.15, 0.2) is 0 Å². The van der Waals surface area contributed by atoms with Crippen LogP contribution in [0.1, 0.15) is 50.5 Å². The van der Waals surface area contributed by atoms with Gasteiger partial charge in [-0.15, -0.1) is 10.2 Å². The Balaban J connectivity index is 1.30. The zero-order valence-corrected chi connectivity index (χ0v) is 17.3. The van der Waals surface area contributed by atoms with Gasteiger partial charge >= 0.3 is 0 Å². The normalized spacial score (nSPS) is 20.1. The third-order valence-electron chi connectivity index (χ3n) is 5.98. The summed E-state index contributed by atoms with van der Waals surface area (Å²) < 4.78 is 0. The maximum atomic E-state index is 12.5. The van der Waals surface area contributed by atoms with Gasteiger partial charge in [-0.05, 0) is 51.3 Å². The largest absolute Gasteiger partial charge is 0.346 e. The molecule has 0 saturated carbocycles. The third-order valence-corrected chi connectivity index (χ3v) is 6.88. The van der Waals surface area contributed by atoms with Crippen LogP contribution < -0.4 is 10.2 Å². The van der Waals surface area contributed by atoms with E-state index in [4.69, 9.17) is 0 Å². The van der Waals surface area contributed by atoms with Crippen LogP contribution >= 0.6 is 11.3 Å². The number of benzene rings is 1. The molecule has 0 radical (unpaired) electrons. The lowest BCUT2D eigenvalue weighted by Gasteiger charge is -2.40. The number of piperidine rings is 2. The Hall–Kier alpha value is -1.99. The second-order valence-electron chi connectivity index (χ2n) is 7.83. The molecule has 4 rings (SSSR count). The molecule has 2 aliphatic rings. The van der Waals surface area contributed by atoms with E-state index in [1.807, 2.05) is 37.3 Å². The molecule has 0 aliphatic carbocycles. The van der Waals surface area contributed by atoms with Gasteiger partial charge in [0, 0.05) is 19.1 Å². The van der Waals surface area contributed by atoms with Crippen molar-refractivity contribution in [1.29, 1.82) is 0 Å². The molecule has 2 fully saturated rings. The minimum atomic E-state index is -0.214. The van der Waals surface area contributed by atoms with Crippen LogP contribution in [0, 0.1) is 0 Å². The Bertz CT molecular complexity index is 766. The average Bonchev–Trinajstić information content (AvgIpc) is 3.23. The van der Waals surface area contributed by atoms with Gasteiger partial charge in [0.25, 0.3) is 0 Å². The summed E-state index contributed by atoms with van der Waals surface area (Å²) in [5.41, 5.74) is 1.00. The van der Waals surface area contributed by atoms with Crippen LogP contribution in [0.2, 0.25) is 0 Å². The number of hydrogen-bond donors (Lipinski definition) is 1. The van der Waals surface area contributed by atoms with E-state index in [-0.39, 0.29) is 11.8 Å². The number of amides is 1. The lowest BCUT2D eigenvalue weighted by molar-refractivity contribution is -0.117. The fourth-order valence-electron chi connectivity index (χ4n) is 4.21. The predicted octanol–water partition coefficient (Wildman–Crippen LogP) is 3.74. The molecule has 1 atom stereocenters. The van der Waals surface area contributed by atoms with E-state index < -0.39 is 0 Å².